The number of aryl methyl sites for hydroxylation is 4. The molecule has 8 rings (SSSR count). The molecule has 220 valence electrons. The second kappa shape index (κ2) is 15.7. The van der Waals surface area contributed by atoms with E-state index in [0.717, 1.165) is 43.4 Å². The summed E-state index contributed by atoms with van der Waals surface area (Å²) in [5, 5.41) is 14.4. The summed E-state index contributed by atoms with van der Waals surface area (Å²) in [4.78, 5) is 16.2. The van der Waals surface area contributed by atoms with Crippen molar-refractivity contribution in [3.63, 3.8) is 0 Å². The molecule has 4 aromatic heterocycles. The molecule has 5 aromatic rings. The molecule has 43 heavy (non-hydrogen) atoms. The Hall–Kier alpha value is -4.49. The van der Waals surface area contributed by atoms with E-state index in [9.17, 15) is 0 Å². The van der Waals surface area contributed by atoms with Gasteiger partial charge in [0, 0.05) is 61.2 Å². The summed E-state index contributed by atoms with van der Waals surface area (Å²) in [5.41, 5.74) is 14.6. The van der Waals surface area contributed by atoms with Gasteiger partial charge < -0.3 is 10.9 Å². The lowest BCUT2D eigenvalue weighted by atomic mass is 9.90. The zero-order valence-electron chi connectivity index (χ0n) is 24.6. The van der Waals surface area contributed by atoms with Gasteiger partial charge in [0.1, 0.15) is 0 Å². The number of nitrogens with two attached hydrogens (primary N) is 1. The van der Waals surface area contributed by atoms with Gasteiger partial charge in [-0.05, 0) is 127 Å². The van der Waals surface area contributed by atoms with E-state index in [1.54, 1.807) is 6.20 Å². The van der Waals surface area contributed by atoms with Crippen molar-refractivity contribution in [2.24, 2.45) is 10.9 Å². The summed E-state index contributed by atoms with van der Waals surface area (Å²) in [6.07, 6.45) is 26.6. The van der Waals surface area contributed by atoms with Crippen molar-refractivity contribution in [1.82, 2.24) is 19.9 Å². The molecule has 1 atom stereocenters. The van der Waals surface area contributed by atoms with Gasteiger partial charge in [0.2, 0.25) is 0 Å². The minimum atomic E-state index is 0.252. The standard InChI is InChI=1S/C9H10N2O.C9H12N2.C9H11N.C9H7N/c12-11-9-3-1-2-7-6-10-5-4-8(7)9;10-9-3-1-2-7-6-11-5-4-8(7)9;2*1-2-4-9-7-10-6-5-8(9)3-1/h4-6,12H,1-3H2;4-6,9H,1-3,10H2;5-7H,1-4H2;1-7H/b11-9-;;;. The van der Waals surface area contributed by atoms with Crippen molar-refractivity contribution in [1.29, 1.82) is 0 Å². The van der Waals surface area contributed by atoms with E-state index < -0.39 is 0 Å². The minimum absolute atomic E-state index is 0.252. The quantitative estimate of drug-likeness (QED) is 0.150. The third kappa shape index (κ3) is 8.30. The first-order chi connectivity index (χ1) is 21.2. The van der Waals surface area contributed by atoms with Crippen LogP contribution in [0.25, 0.3) is 10.8 Å². The lowest BCUT2D eigenvalue weighted by Crippen LogP contribution is -2.17. The van der Waals surface area contributed by atoms with Crippen LogP contribution in [0, 0.1) is 0 Å². The topological polar surface area (TPSA) is 110 Å². The van der Waals surface area contributed by atoms with Gasteiger partial charge in [0.15, 0.2) is 0 Å². The summed E-state index contributed by atoms with van der Waals surface area (Å²) in [6.45, 7) is 0. The Morgan fingerprint density at radius 1 is 0.581 bits per heavy atom. The van der Waals surface area contributed by atoms with E-state index in [2.05, 4.69) is 43.3 Å². The van der Waals surface area contributed by atoms with Crippen molar-refractivity contribution < 1.29 is 5.21 Å². The van der Waals surface area contributed by atoms with E-state index in [0.29, 0.717) is 0 Å². The molecule has 0 amide bonds. The minimum Gasteiger partial charge on any atom is -0.411 e. The molecular weight excluding hydrogens is 532 g/mol. The fourth-order valence-electron chi connectivity index (χ4n) is 5.85. The first-order valence-electron chi connectivity index (χ1n) is 15.3. The third-order valence-corrected chi connectivity index (χ3v) is 8.19. The highest BCUT2D eigenvalue weighted by Gasteiger charge is 2.16. The number of benzene rings is 1. The van der Waals surface area contributed by atoms with Crippen molar-refractivity contribution in [3.8, 4) is 0 Å². The Morgan fingerprint density at radius 2 is 1.21 bits per heavy atom. The molecule has 0 fully saturated rings. The van der Waals surface area contributed by atoms with Gasteiger partial charge in [-0.2, -0.15) is 0 Å². The predicted octanol–water partition coefficient (Wildman–Crippen LogP) is 7.21. The fraction of sp³-hybridized carbons (Fsp3) is 0.306. The molecule has 0 saturated heterocycles. The van der Waals surface area contributed by atoms with E-state index in [1.165, 1.54) is 70.7 Å². The first kappa shape index (κ1) is 30.0. The summed E-state index contributed by atoms with van der Waals surface area (Å²) in [5.74, 6) is 0. The van der Waals surface area contributed by atoms with E-state index in [4.69, 9.17) is 10.9 Å². The van der Waals surface area contributed by atoms with E-state index >= 15 is 0 Å². The molecular formula is C36H40N6O. The zero-order chi connectivity index (χ0) is 29.7. The highest BCUT2D eigenvalue weighted by molar-refractivity contribution is 6.02. The highest BCUT2D eigenvalue weighted by Crippen LogP contribution is 2.26. The maximum atomic E-state index is 8.71. The van der Waals surface area contributed by atoms with Crippen LogP contribution in [-0.2, 0) is 25.7 Å². The highest BCUT2D eigenvalue weighted by atomic mass is 16.4. The summed E-state index contributed by atoms with van der Waals surface area (Å²) >= 11 is 0. The molecule has 7 heteroatoms. The molecule has 1 unspecified atom stereocenters. The van der Waals surface area contributed by atoms with Crippen LogP contribution >= 0.6 is 0 Å². The van der Waals surface area contributed by atoms with Crippen LogP contribution in [0.15, 0.2) is 103 Å². The number of aromatic nitrogens is 4. The molecule has 1 aromatic carbocycles. The lowest BCUT2D eigenvalue weighted by Gasteiger charge is -2.20. The van der Waals surface area contributed by atoms with Crippen LogP contribution in [0.4, 0.5) is 0 Å². The van der Waals surface area contributed by atoms with Crippen molar-refractivity contribution in [2.75, 3.05) is 0 Å². The van der Waals surface area contributed by atoms with Gasteiger partial charge in [0.05, 0.1) is 5.71 Å². The van der Waals surface area contributed by atoms with Gasteiger partial charge in [-0.3, -0.25) is 19.9 Å². The van der Waals surface area contributed by atoms with Crippen molar-refractivity contribution >= 4 is 16.5 Å². The van der Waals surface area contributed by atoms with E-state index in [-0.39, 0.29) is 6.04 Å². The number of hydrogen-bond acceptors (Lipinski definition) is 7. The number of hydrogen-bond donors (Lipinski definition) is 2. The Bertz CT molecular complexity index is 1550. The first-order valence-corrected chi connectivity index (χ1v) is 15.3. The number of fused-ring (bicyclic) bond motifs is 4. The predicted molar refractivity (Wildman–Crippen MR) is 172 cm³/mol. The van der Waals surface area contributed by atoms with Gasteiger partial charge in [0.25, 0.3) is 0 Å². The SMILES string of the molecule is NC1CCCc2cnccc21.O/N=C1/CCCc2cnccc21.c1cc2c(cn1)CCCC2.c1ccc2cnccc2c1. The molecule has 7 nitrogen and oxygen atoms in total. The van der Waals surface area contributed by atoms with Gasteiger partial charge >= 0.3 is 0 Å². The molecule has 3 aliphatic carbocycles. The van der Waals surface area contributed by atoms with Crippen LogP contribution in [0.3, 0.4) is 0 Å². The summed E-state index contributed by atoms with van der Waals surface area (Å²) in [7, 11) is 0. The van der Waals surface area contributed by atoms with Crippen LogP contribution in [0.1, 0.15) is 77.9 Å². The number of oxime groups is 1. The van der Waals surface area contributed by atoms with Crippen LogP contribution in [0.5, 0.6) is 0 Å². The average Bonchev–Trinajstić information content (AvgIpc) is 3.09. The smallest absolute Gasteiger partial charge is 0.0871 e. The number of rotatable bonds is 0. The molecule has 0 saturated carbocycles. The fourth-order valence-corrected chi connectivity index (χ4v) is 5.85. The normalized spacial score (nSPS) is 17.3. The van der Waals surface area contributed by atoms with Gasteiger partial charge in [-0.1, -0.05) is 29.4 Å². The number of pyridine rings is 4. The Morgan fingerprint density at radius 3 is 1.98 bits per heavy atom. The average molecular weight is 573 g/mol. The second-order valence-electron chi connectivity index (χ2n) is 11.1. The zero-order valence-corrected chi connectivity index (χ0v) is 24.6. The molecule has 4 heterocycles. The monoisotopic (exact) mass is 572 g/mol. The van der Waals surface area contributed by atoms with Crippen molar-refractivity contribution in [3.05, 3.63) is 131 Å². The largest absolute Gasteiger partial charge is 0.411 e. The Labute approximate surface area is 254 Å². The summed E-state index contributed by atoms with van der Waals surface area (Å²) in [6, 6.07) is 16.5. The van der Waals surface area contributed by atoms with Gasteiger partial charge in [-0.25, -0.2) is 0 Å². The maximum Gasteiger partial charge on any atom is 0.0871 e. The molecule has 0 aliphatic heterocycles. The van der Waals surface area contributed by atoms with Crippen LogP contribution in [0.2, 0.25) is 0 Å². The van der Waals surface area contributed by atoms with Crippen molar-refractivity contribution in [2.45, 2.75) is 70.3 Å². The molecule has 0 spiro atoms. The van der Waals surface area contributed by atoms with Crippen LogP contribution < -0.4 is 5.73 Å². The third-order valence-electron chi connectivity index (χ3n) is 8.19. The lowest BCUT2D eigenvalue weighted by molar-refractivity contribution is 0.317. The molecule has 0 bridgehead atoms. The van der Waals surface area contributed by atoms with Gasteiger partial charge in [-0.15, -0.1) is 0 Å². The maximum absolute atomic E-state index is 8.71. The Balaban J connectivity index is 0.000000114. The van der Waals surface area contributed by atoms with Crippen LogP contribution in [-0.4, -0.2) is 30.9 Å². The molecule has 3 N–H and O–H groups in total. The van der Waals surface area contributed by atoms with E-state index in [1.807, 2.05) is 73.7 Å². The molecule has 0 radical (unpaired) electrons. The number of nitrogens with zero attached hydrogens (tertiary/aromatic N) is 5. The summed E-state index contributed by atoms with van der Waals surface area (Å²) < 4.78 is 0. The molecule has 3 aliphatic rings. The Kier molecular flexibility index (Phi) is 10.9. The second-order valence-corrected chi connectivity index (χ2v) is 11.1.